The zero-order valence-corrected chi connectivity index (χ0v) is 12.0. The summed E-state index contributed by atoms with van der Waals surface area (Å²) >= 11 is 0. The first-order valence-electron chi connectivity index (χ1n) is 7.36. The third kappa shape index (κ3) is 2.48. The molecule has 1 fully saturated rings. The van der Waals surface area contributed by atoms with E-state index in [1.807, 2.05) is 18.2 Å². The SMILES string of the molecule is CC1CCC(NCc2nc3ccccc3c(=O)[nH]2)C1C. The van der Waals surface area contributed by atoms with E-state index in [-0.39, 0.29) is 5.56 Å². The zero-order valence-electron chi connectivity index (χ0n) is 12.0. The fourth-order valence-electron chi connectivity index (χ4n) is 3.10. The summed E-state index contributed by atoms with van der Waals surface area (Å²) in [6.07, 6.45) is 2.49. The molecule has 4 heteroatoms. The fourth-order valence-corrected chi connectivity index (χ4v) is 3.10. The number of nitrogens with one attached hydrogen (secondary N) is 2. The second kappa shape index (κ2) is 5.37. The maximum atomic E-state index is 12.0. The van der Waals surface area contributed by atoms with Gasteiger partial charge in [0.05, 0.1) is 17.4 Å². The van der Waals surface area contributed by atoms with Gasteiger partial charge in [0.2, 0.25) is 0 Å². The fraction of sp³-hybridized carbons (Fsp3) is 0.500. The molecule has 3 rings (SSSR count). The Kier molecular flexibility index (Phi) is 3.57. The minimum absolute atomic E-state index is 0.0553. The number of fused-ring (bicyclic) bond motifs is 1. The van der Waals surface area contributed by atoms with Gasteiger partial charge in [-0.15, -0.1) is 0 Å². The molecule has 1 heterocycles. The Morgan fingerprint density at radius 3 is 2.85 bits per heavy atom. The quantitative estimate of drug-likeness (QED) is 0.901. The van der Waals surface area contributed by atoms with Crippen LogP contribution in [0.15, 0.2) is 29.1 Å². The van der Waals surface area contributed by atoms with Gasteiger partial charge in [-0.2, -0.15) is 0 Å². The summed E-state index contributed by atoms with van der Waals surface area (Å²) < 4.78 is 0. The van der Waals surface area contributed by atoms with Crippen LogP contribution in [0.25, 0.3) is 10.9 Å². The van der Waals surface area contributed by atoms with Gasteiger partial charge < -0.3 is 10.3 Å². The number of nitrogens with zero attached hydrogens (tertiary/aromatic N) is 1. The van der Waals surface area contributed by atoms with Gasteiger partial charge in [0.1, 0.15) is 5.82 Å². The highest BCUT2D eigenvalue weighted by Crippen LogP contribution is 2.31. The van der Waals surface area contributed by atoms with Crippen molar-refractivity contribution in [2.75, 3.05) is 0 Å². The van der Waals surface area contributed by atoms with Gasteiger partial charge in [-0.05, 0) is 36.8 Å². The normalized spacial score (nSPS) is 26.2. The molecule has 4 nitrogen and oxygen atoms in total. The van der Waals surface area contributed by atoms with Crippen LogP contribution < -0.4 is 10.9 Å². The molecule has 0 radical (unpaired) electrons. The minimum Gasteiger partial charge on any atom is -0.309 e. The highest BCUT2D eigenvalue weighted by atomic mass is 16.1. The van der Waals surface area contributed by atoms with Crippen molar-refractivity contribution in [2.24, 2.45) is 11.8 Å². The number of aromatic nitrogens is 2. The van der Waals surface area contributed by atoms with Crippen LogP contribution in [0.4, 0.5) is 0 Å². The van der Waals surface area contributed by atoms with E-state index in [0.717, 1.165) is 17.3 Å². The Balaban J connectivity index is 1.77. The Bertz CT molecular complexity index is 664. The van der Waals surface area contributed by atoms with E-state index >= 15 is 0 Å². The molecule has 1 aliphatic rings. The number of hydrogen-bond acceptors (Lipinski definition) is 3. The van der Waals surface area contributed by atoms with Gasteiger partial charge >= 0.3 is 0 Å². The van der Waals surface area contributed by atoms with Crippen LogP contribution in [0, 0.1) is 11.8 Å². The number of hydrogen-bond donors (Lipinski definition) is 2. The highest BCUT2D eigenvalue weighted by Gasteiger charge is 2.29. The summed E-state index contributed by atoms with van der Waals surface area (Å²) in [6.45, 7) is 5.23. The molecule has 0 aliphatic heterocycles. The maximum Gasteiger partial charge on any atom is 0.258 e. The Labute approximate surface area is 118 Å². The molecule has 1 aliphatic carbocycles. The maximum absolute atomic E-state index is 12.0. The third-order valence-electron chi connectivity index (χ3n) is 4.66. The van der Waals surface area contributed by atoms with Gasteiger partial charge in [0.15, 0.2) is 0 Å². The van der Waals surface area contributed by atoms with Crippen LogP contribution in [0.3, 0.4) is 0 Å². The molecule has 1 saturated carbocycles. The molecule has 3 atom stereocenters. The van der Waals surface area contributed by atoms with E-state index in [9.17, 15) is 4.79 Å². The monoisotopic (exact) mass is 271 g/mol. The molecule has 20 heavy (non-hydrogen) atoms. The van der Waals surface area contributed by atoms with E-state index in [1.165, 1.54) is 12.8 Å². The van der Waals surface area contributed by atoms with E-state index in [2.05, 4.69) is 29.1 Å². The largest absolute Gasteiger partial charge is 0.309 e. The smallest absolute Gasteiger partial charge is 0.258 e. The molecular formula is C16H21N3O. The van der Waals surface area contributed by atoms with Crippen molar-refractivity contribution in [1.82, 2.24) is 15.3 Å². The predicted octanol–water partition coefficient (Wildman–Crippen LogP) is 2.45. The predicted molar refractivity (Wildman–Crippen MR) is 80.6 cm³/mol. The number of aromatic amines is 1. The average Bonchev–Trinajstić information content (AvgIpc) is 2.77. The van der Waals surface area contributed by atoms with Gasteiger partial charge in [-0.25, -0.2) is 4.98 Å². The van der Waals surface area contributed by atoms with E-state index in [1.54, 1.807) is 6.07 Å². The molecule has 3 unspecified atom stereocenters. The van der Waals surface area contributed by atoms with Crippen LogP contribution in [0.1, 0.15) is 32.5 Å². The molecular weight excluding hydrogens is 250 g/mol. The van der Waals surface area contributed by atoms with Crippen LogP contribution in [0.5, 0.6) is 0 Å². The van der Waals surface area contributed by atoms with Crippen molar-refractivity contribution < 1.29 is 0 Å². The Morgan fingerprint density at radius 1 is 1.30 bits per heavy atom. The highest BCUT2D eigenvalue weighted by molar-refractivity contribution is 5.77. The molecule has 0 spiro atoms. The van der Waals surface area contributed by atoms with E-state index in [0.29, 0.717) is 23.9 Å². The summed E-state index contributed by atoms with van der Waals surface area (Å²) in [5, 5.41) is 4.19. The number of rotatable bonds is 3. The van der Waals surface area contributed by atoms with Crippen molar-refractivity contribution in [3.63, 3.8) is 0 Å². The summed E-state index contributed by atoms with van der Waals surface area (Å²) in [6, 6.07) is 7.99. The lowest BCUT2D eigenvalue weighted by molar-refractivity contribution is 0.367. The lowest BCUT2D eigenvalue weighted by Gasteiger charge is -2.19. The molecule has 106 valence electrons. The lowest BCUT2D eigenvalue weighted by atomic mass is 9.98. The van der Waals surface area contributed by atoms with Crippen molar-refractivity contribution in [2.45, 2.75) is 39.3 Å². The third-order valence-corrected chi connectivity index (χ3v) is 4.66. The van der Waals surface area contributed by atoms with Crippen molar-refractivity contribution in [3.05, 3.63) is 40.4 Å². The van der Waals surface area contributed by atoms with E-state index in [4.69, 9.17) is 0 Å². The van der Waals surface area contributed by atoms with Crippen molar-refractivity contribution in [3.8, 4) is 0 Å². The molecule has 2 N–H and O–H groups in total. The Morgan fingerprint density at radius 2 is 2.10 bits per heavy atom. The van der Waals surface area contributed by atoms with E-state index < -0.39 is 0 Å². The topological polar surface area (TPSA) is 57.8 Å². The van der Waals surface area contributed by atoms with Crippen LogP contribution >= 0.6 is 0 Å². The summed E-state index contributed by atoms with van der Waals surface area (Å²) in [7, 11) is 0. The second-order valence-electron chi connectivity index (χ2n) is 5.93. The lowest BCUT2D eigenvalue weighted by Crippen LogP contribution is -2.33. The second-order valence-corrected chi connectivity index (χ2v) is 5.93. The molecule has 0 saturated heterocycles. The first kappa shape index (κ1) is 13.3. The molecule has 0 bridgehead atoms. The summed E-state index contributed by atoms with van der Waals surface area (Å²) in [5.74, 6) is 2.18. The molecule has 1 aromatic carbocycles. The number of para-hydroxylation sites is 1. The van der Waals surface area contributed by atoms with Gasteiger partial charge in [0, 0.05) is 6.04 Å². The van der Waals surface area contributed by atoms with Gasteiger partial charge in [0.25, 0.3) is 5.56 Å². The molecule has 2 aromatic rings. The van der Waals surface area contributed by atoms with Crippen LogP contribution in [0.2, 0.25) is 0 Å². The summed E-state index contributed by atoms with van der Waals surface area (Å²) in [4.78, 5) is 19.4. The van der Waals surface area contributed by atoms with Crippen LogP contribution in [-0.2, 0) is 6.54 Å². The first-order chi connectivity index (χ1) is 9.65. The van der Waals surface area contributed by atoms with Gasteiger partial charge in [-0.1, -0.05) is 26.0 Å². The van der Waals surface area contributed by atoms with Crippen molar-refractivity contribution >= 4 is 10.9 Å². The molecule has 0 amide bonds. The standard InChI is InChI=1S/C16H21N3O/c1-10-7-8-13(11(10)2)17-9-15-18-14-6-4-3-5-12(14)16(20)19-15/h3-6,10-11,13,17H,7-9H2,1-2H3,(H,18,19,20). The summed E-state index contributed by atoms with van der Waals surface area (Å²) in [5.41, 5.74) is 0.709. The minimum atomic E-state index is -0.0553. The van der Waals surface area contributed by atoms with Crippen molar-refractivity contribution in [1.29, 1.82) is 0 Å². The number of H-pyrrole nitrogens is 1. The Hall–Kier alpha value is -1.68. The average molecular weight is 271 g/mol. The first-order valence-corrected chi connectivity index (χ1v) is 7.36. The van der Waals surface area contributed by atoms with Crippen LogP contribution in [-0.4, -0.2) is 16.0 Å². The molecule has 1 aromatic heterocycles. The number of benzene rings is 1. The van der Waals surface area contributed by atoms with Gasteiger partial charge in [-0.3, -0.25) is 4.79 Å². The zero-order chi connectivity index (χ0) is 14.1.